The lowest BCUT2D eigenvalue weighted by atomic mass is 10.1. The number of sulfonamides is 1. The number of hydrogen-bond donors (Lipinski definition) is 2. The van der Waals surface area contributed by atoms with Gasteiger partial charge in [0.25, 0.3) is 0 Å². The van der Waals surface area contributed by atoms with Crippen molar-refractivity contribution in [3.05, 3.63) is 59.2 Å². The molecular formula is C16H18N2O2S. The van der Waals surface area contributed by atoms with E-state index in [-0.39, 0.29) is 10.9 Å². The first-order valence-electron chi connectivity index (χ1n) is 6.90. The lowest BCUT2D eigenvalue weighted by Crippen LogP contribution is -2.35. The van der Waals surface area contributed by atoms with E-state index in [0.29, 0.717) is 5.69 Å². The molecule has 1 aliphatic carbocycles. The van der Waals surface area contributed by atoms with Crippen LogP contribution in [0.5, 0.6) is 0 Å². The van der Waals surface area contributed by atoms with Crippen molar-refractivity contribution in [3.63, 3.8) is 0 Å². The Balaban J connectivity index is 1.82. The van der Waals surface area contributed by atoms with Gasteiger partial charge in [0.1, 0.15) is 0 Å². The molecule has 21 heavy (non-hydrogen) atoms. The first-order valence-corrected chi connectivity index (χ1v) is 8.39. The van der Waals surface area contributed by atoms with E-state index in [1.165, 1.54) is 17.2 Å². The fourth-order valence-corrected chi connectivity index (χ4v) is 4.24. The predicted molar refractivity (Wildman–Crippen MR) is 83.6 cm³/mol. The number of nitrogen functional groups attached to an aromatic ring is 1. The predicted octanol–water partition coefficient (Wildman–Crippen LogP) is 2.02. The highest BCUT2D eigenvalue weighted by atomic mass is 32.2. The Labute approximate surface area is 125 Å². The van der Waals surface area contributed by atoms with Crippen LogP contribution < -0.4 is 10.5 Å². The van der Waals surface area contributed by atoms with Crippen molar-refractivity contribution in [3.8, 4) is 0 Å². The quantitative estimate of drug-likeness (QED) is 0.852. The molecule has 110 valence electrons. The Hall–Kier alpha value is -1.85. The number of hydrogen-bond acceptors (Lipinski definition) is 3. The average molecular weight is 302 g/mol. The van der Waals surface area contributed by atoms with Crippen molar-refractivity contribution < 1.29 is 8.42 Å². The maximum Gasteiger partial charge on any atom is 0.240 e. The maximum absolute atomic E-state index is 12.5. The molecule has 5 heteroatoms. The number of benzene rings is 2. The van der Waals surface area contributed by atoms with Crippen LogP contribution in [0.1, 0.15) is 16.7 Å². The van der Waals surface area contributed by atoms with E-state index in [9.17, 15) is 8.42 Å². The Kier molecular flexibility index (Phi) is 3.47. The fraction of sp³-hybridized carbons (Fsp3) is 0.250. The maximum atomic E-state index is 12.5. The zero-order valence-corrected chi connectivity index (χ0v) is 12.7. The van der Waals surface area contributed by atoms with Crippen LogP contribution in [-0.2, 0) is 22.9 Å². The monoisotopic (exact) mass is 302 g/mol. The summed E-state index contributed by atoms with van der Waals surface area (Å²) >= 11 is 0. The zero-order valence-electron chi connectivity index (χ0n) is 11.8. The van der Waals surface area contributed by atoms with Crippen molar-refractivity contribution in [1.29, 1.82) is 0 Å². The van der Waals surface area contributed by atoms with Gasteiger partial charge in [0.05, 0.1) is 4.90 Å². The van der Waals surface area contributed by atoms with Gasteiger partial charge < -0.3 is 5.73 Å². The number of nitrogens with two attached hydrogens (primary N) is 1. The molecule has 0 atom stereocenters. The summed E-state index contributed by atoms with van der Waals surface area (Å²) in [6.45, 7) is 1.83. The molecule has 0 radical (unpaired) electrons. The third kappa shape index (κ3) is 2.94. The van der Waals surface area contributed by atoms with Crippen LogP contribution in [-0.4, -0.2) is 14.5 Å². The first-order chi connectivity index (χ1) is 9.94. The van der Waals surface area contributed by atoms with Gasteiger partial charge in [-0.2, -0.15) is 0 Å². The molecule has 1 aliphatic rings. The molecule has 0 heterocycles. The number of aryl methyl sites for hydroxylation is 1. The summed E-state index contributed by atoms with van der Waals surface area (Å²) in [4.78, 5) is 0.232. The second kappa shape index (κ2) is 5.16. The van der Waals surface area contributed by atoms with E-state index in [0.717, 1.165) is 18.4 Å². The third-order valence-electron chi connectivity index (χ3n) is 3.76. The molecule has 2 aromatic rings. The summed E-state index contributed by atoms with van der Waals surface area (Å²) in [7, 11) is -3.54. The molecule has 0 saturated carbocycles. The van der Waals surface area contributed by atoms with E-state index in [1.807, 2.05) is 31.2 Å². The first kappa shape index (κ1) is 14.1. The standard InChI is InChI=1S/C16H18N2O2S/c1-11-6-14(17)10-16(7-11)21(19,20)18-15-8-12-4-2-3-5-13(12)9-15/h2-7,10,15,18H,8-9,17H2,1H3. The lowest BCUT2D eigenvalue weighted by molar-refractivity contribution is 0.555. The van der Waals surface area contributed by atoms with Gasteiger partial charge >= 0.3 is 0 Å². The second-order valence-corrected chi connectivity index (χ2v) is 7.29. The Morgan fingerprint density at radius 2 is 1.71 bits per heavy atom. The van der Waals surface area contributed by atoms with Crippen LogP contribution in [0.2, 0.25) is 0 Å². The Morgan fingerprint density at radius 3 is 2.29 bits per heavy atom. The minimum atomic E-state index is -3.54. The van der Waals surface area contributed by atoms with Crippen LogP contribution in [0.25, 0.3) is 0 Å². The molecule has 3 rings (SSSR count). The molecule has 0 aliphatic heterocycles. The van der Waals surface area contributed by atoms with Crippen molar-refractivity contribution in [1.82, 2.24) is 4.72 Å². The van der Waals surface area contributed by atoms with Gasteiger partial charge in [-0.3, -0.25) is 0 Å². The summed E-state index contributed by atoms with van der Waals surface area (Å²) in [5.41, 5.74) is 9.48. The van der Waals surface area contributed by atoms with E-state index in [4.69, 9.17) is 5.73 Å². The summed E-state index contributed by atoms with van der Waals surface area (Å²) in [6.07, 6.45) is 1.47. The van der Waals surface area contributed by atoms with Gasteiger partial charge in [-0.25, -0.2) is 13.1 Å². The molecule has 0 spiro atoms. The second-order valence-electron chi connectivity index (χ2n) is 5.57. The van der Waals surface area contributed by atoms with Crippen molar-refractivity contribution in [2.75, 3.05) is 5.73 Å². The van der Waals surface area contributed by atoms with E-state index in [1.54, 1.807) is 12.1 Å². The lowest BCUT2D eigenvalue weighted by Gasteiger charge is -2.13. The Bertz CT molecular complexity index is 739. The van der Waals surface area contributed by atoms with E-state index in [2.05, 4.69) is 4.72 Å². The molecule has 2 aromatic carbocycles. The highest BCUT2D eigenvalue weighted by Crippen LogP contribution is 2.24. The minimum absolute atomic E-state index is 0.0888. The molecule has 0 aromatic heterocycles. The Morgan fingerprint density at radius 1 is 1.10 bits per heavy atom. The molecule has 0 saturated heterocycles. The number of rotatable bonds is 3. The number of nitrogens with one attached hydrogen (secondary N) is 1. The third-order valence-corrected chi connectivity index (χ3v) is 5.26. The van der Waals surface area contributed by atoms with E-state index >= 15 is 0 Å². The molecule has 0 bridgehead atoms. The molecule has 4 nitrogen and oxygen atoms in total. The summed E-state index contributed by atoms with van der Waals surface area (Å²) in [6, 6.07) is 12.9. The largest absolute Gasteiger partial charge is 0.399 e. The normalized spacial score (nSPS) is 15.1. The van der Waals surface area contributed by atoms with Crippen LogP contribution in [0.4, 0.5) is 5.69 Å². The highest BCUT2D eigenvalue weighted by Gasteiger charge is 2.26. The SMILES string of the molecule is Cc1cc(N)cc(S(=O)(=O)NC2Cc3ccccc3C2)c1. The summed E-state index contributed by atoms with van der Waals surface area (Å²) < 4.78 is 27.7. The zero-order chi connectivity index (χ0) is 15.0. The number of fused-ring (bicyclic) bond motifs is 1. The van der Waals surface area contributed by atoms with E-state index < -0.39 is 10.0 Å². The van der Waals surface area contributed by atoms with Crippen LogP contribution in [0.15, 0.2) is 47.4 Å². The van der Waals surface area contributed by atoms with Gasteiger partial charge in [0.15, 0.2) is 0 Å². The van der Waals surface area contributed by atoms with Crippen molar-refractivity contribution >= 4 is 15.7 Å². The van der Waals surface area contributed by atoms with Gasteiger partial charge in [-0.15, -0.1) is 0 Å². The molecule has 0 amide bonds. The molecule has 3 N–H and O–H groups in total. The fourth-order valence-electron chi connectivity index (χ4n) is 2.86. The van der Waals surface area contributed by atoms with Crippen LogP contribution >= 0.6 is 0 Å². The highest BCUT2D eigenvalue weighted by molar-refractivity contribution is 7.89. The van der Waals surface area contributed by atoms with Gasteiger partial charge in [-0.05, 0) is 54.7 Å². The summed E-state index contributed by atoms with van der Waals surface area (Å²) in [5, 5.41) is 0. The summed E-state index contributed by atoms with van der Waals surface area (Å²) in [5.74, 6) is 0. The molecule has 0 fully saturated rings. The van der Waals surface area contributed by atoms with Crippen molar-refractivity contribution in [2.45, 2.75) is 30.7 Å². The van der Waals surface area contributed by atoms with Gasteiger partial charge in [0, 0.05) is 11.7 Å². The minimum Gasteiger partial charge on any atom is -0.399 e. The van der Waals surface area contributed by atoms with Crippen molar-refractivity contribution in [2.24, 2.45) is 0 Å². The van der Waals surface area contributed by atoms with Crippen LogP contribution in [0, 0.1) is 6.92 Å². The topological polar surface area (TPSA) is 72.2 Å². The molecular weight excluding hydrogens is 284 g/mol. The average Bonchev–Trinajstić information content (AvgIpc) is 2.78. The number of anilines is 1. The smallest absolute Gasteiger partial charge is 0.240 e. The van der Waals surface area contributed by atoms with Crippen LogP contribution in [0.3, 0.4) is 0 Å². The van der Waals surface area contributed by atoms with Gasteiger partial charge in [-0.1, -0.05) is 24.3 Å². The van der Waals surface area contributed by atoms with Gasteiger partial charge in [0.2, 0.25) is 10.0 Å². The molecule has 0 unspecified atom stereocenters.